The average Bonchev–Trinajstić information content (AvgIpc) is 2.76. The Morgan fingerprint density at radius 3 is 3.06 bits per heavy atom. The molecule has 5 heteroatoms. The largest absolute Gasteiger partial charge is 0.392 e. The Morgan fingerprint density at radius 1 is 1.56 bits per heavy atom. The fourth-order valence-corrected chi connectivity index (χ4v) is 2.06. The van der Waals surface area contributed by atoms with Gasteiger partial charge in [0.15, 0.2) is 0 Å². The number of β-amino-alcohol motifs (C(OH)–C–C–N with tert-alkyl or cyclic N) is 1. The lowest BCUT2D eigenvalue weighted by atomic mass is 10.1. The molecule has 1 aromatic carbocycles. The number of benzene rings is 1. The first-order valence-corrected chi connectivity index (χ1v) is 6.09. The molecule has 1 saturated heterocycles. The van der Waals surface area contributed by atoms with Crippen LogP contribution in [0.25, 0.3) is 0 Å². The summed E-state index contributed by atoms with van der Waals surface area (Å²) in [6, 6.07) is 6.02. The maximum absolute atomic E-state index is 12.9. The molecule has 0 bridgehead atoms. The minimum Gasteiger partial charge on any atom is -0.392 e. The summed E-state index contributed by atoms with van der Waals surface area (Å²) in [5.41, 5.74) is 0.856. The Balaban J connectivity index is 1.73. The summed E-state index contributed by atoms with van der Waals surface area (Å²) in [5, 5.41) is 15.0. The van der Waals surface area contributed by atoms with E-state index in [-0.39, 0.29) is 17.8 Å². The van der Waals surface area contributed by atoms with Gasteiger partial charge in [0.25, 0.3) is 0 Å². The predicted octanol–water partition coefficient (Wildman–Crippen LogP) is 0.207. The first-order valence-electron chi connectivity index (χ1n) is 6.09. The molecule has 0 spiro atoms. The Hall–Kier alpha value is -1.46. The number of carbonyl (C=O) groups is 1. The van der Waals surface area contributed by atoms with E-state index in [0.29, 0.717) is 25.9 Å². The molecule has 1 aliphatic rings. The van der Waals surface area contributed by atoms with E-state index >= 15 is 0 Å². The van der Waals surface area contributed by atoms with E-state index in [1.54, 1.807) is 6.07 Å². The number of carbonyl (C=O) groups excluding carboxylic acids is 1. The van der Waals surface area contributed by atoms with Crippen molar-refractivity contribution in [2.75, 3.05) is 13.1 Å². The van der Waals surface area contributed by atoms with Crippen LogP contribution in [0.4, 0.5) is 4.39 Å². The lowest BCUT2D eigenvalue weighted by Crippen LogP contribution is -2.41. The van der Waals surface area contributed by atoms with Gasteiger partial charge in [-0.15, -0.1) is 0 Å². The highest BCUT2D eigenvalue weighted by Crippen LogP contribution is 2.06. The molecular formula is C13H17FN2O2. The molecule has 0 aromatic heterocycles. The van der Waals surface area contributed by atoms with Crippen molar-refractivity contribution in [3.63, 3.8) is 0 Å². The van der Waals surface area contributed by atoms with Gasteiger partial charge in [0, 0.05) is 13.1 Å². The number of aliphatic hydroxyl groups excluding tert-OH is 1. The van der Waals surface area contributed by atoms with Gasteiger partial charge in [-0.1, -0.05) is 12.1 Å². The molecule has 3 N–H and O–H groups in total. The third-order valence-corrected chi connectivity index (χ3v) is 3.03. The SMILES string of the molecule is O=C(NCCc1cccc(F)c1)C1CC(O)CN1. The van der Waals surface area contributed by atoms with Crippen molar-refractivity contribution in [1.82, 2.24) is 10.6 Å². The molecule has 2 atom stereocenters. The number of amides is 1. The van der Waals surface area contributed by atoms with E-state index in [4.69, 9.17) is 0 Å². The van der Waals surface area contributed by atoms with Crippen LogP contribution in [0.15, 0.2) is 24.3 Å². The fraction of sp³-hybridized carbons (Fsp3) is 0.462. The lowest BCUT2D eigenvalue weighted by Gasteiger charge is -2.10. The maximum Gasteiger partial charge on any atom is 0.237 e. The zero-order valence-corrected chi connectivity index (χ0v) is 10.0. The van der Waals surface area contributed by atoms with Crippen LogP contribution < -0.4 is 10.6 Å². The van der Waals surface area contributed by atoms with Gasteiger partial charge in [0.05, 0.1) is 12.1 Å². The minimum atomic E-state index is -0.441. The quantitative estimate of drug-likeness (QED) is 0.718. The number of hydrogen-bond acceptors (Lipinski definition) is 3. The predicted molar refractivity (Wildman–Crippen MR) is 65.5 cm³/mol. The molecular weight excluding hydrogens is 235 g/mol. The van der Waals surface area contributed by atoms with E-state index < -0.39 is 6.10 Å². The first kappa shape index (κ1) is 13.0. The van der Waals surface area contributed by atoms with Crippen molar-refractivity contribution >= 4 is 5.91 Å². The van der Waals surface area contributed by atoms with Crippen molar-refractivity contribution in [2.45, 2.75) is 25.0 Å². The van der Waals surface area contributed by atoms with Gasteiger partial charge in [-0.25, -0.2) is 4.39 Å². The number of nitrogens with one attached hydrogen (secondary N) is 2. The molecule has 18 heavy (non-hydrogen) atoms. The molecule has 2 rings (SSSR count). The maximum atomic E-state index is 12.9. The van der Waals surface area contributed by atoms with Crippen LogP contribution in [0.2, 0.25) is 0 Å². The van der Waals surface area contributed by atoms with Gasteiger partial charge in [0.2, 0.25) is 5.91 Å². The second-order valence-corrected chi connectivity index (χ2v) is 4.52. The van der Waals surface area contributed by atoms with E-state index in [9.17, 15) is 14.3 Å². The number of aliphatic hydroxyl groups is 1. The van der Waals surface area contributed by atoms with Gasteiger partial charge in [-0.05, 0) is 30.5 Å². The van der Waals surface area contributed by atoms with E-state index in [1.807, 2.05) is 6.07 Å². The van der Waals surface area contributed by atoms with Crippen LogP contribution in [0.5, 0.6) is 0 Å². The summed E-state index contributed by atoms with van der Waals surface area (Å²) < 4.78 is 12.9. The molecule has 98 valence electrons. The van der Waals surface area contributed by atoms with Gasteiger partial charge < -0.3 is 15.7 Å². The van der Waals surface area contributed by atoms with Crippen LogP contribution in [0, 0.1) is 5.82 Å². The monoisotopic (exact) mass is 252 g/mol. The molecule has 4 nitrogen and oxygen atoms in total. The number of rotatable bonds is 4. The molecule has 2 unspecified atom stereocenters. The van der Waals surface area contributed by atoms with Gasteiger partial charge in [-0.3, -0.25) is 4.79 Å². The van der Waals surface area contributed by atoms with Crippen molar-refractivity contribution < 1.29 is 14.3 Å². The fourth-order valence-electron chi connectivity index (χ4n) is 2.06. The van der Waals surface area contributed by atoms with Crippen molar-refractivity contribution in [1.29, 1.82) is 0 Å². The normalized spacial score (nSPS) is 23.0. The van der Waals surface area contributed by atoms with Crippen molar-refractivity contribution in [3.05, 3.63) is 35.6 Å². The Bertz CT molecular complexity index is 425. The summed E-state index contributed by atoms with van der Waals surface area (Å²) >= 11 is 0. The molecule has 1 aromatic rings. The molecule has 1 aliphatic heterocycles. The highest BCUT2D eigenvalue weighted by atomic mass is 19.1. The standard InChI is InChI=1S/C13H17FN2O2/c14-10-3-1-2-9(6-10)4-5-15-13(18)12-7-11(17)8-16-12/h1-3,6,11-12,16-17H,4-5,7-8H2,(H,15,18). The Morgan fingerprint density at radius 2 is 2.39 bits per heavy atom. The average molecular weight is 252 g/mol. The molecule has 0 aliphatic carbocycles. The highest BCUT2D eigenvalue weighted by Gasteiger charge is 2.27. The van der Waals surface area contributed by atoms with E-state index in [1.165, 1.54) is 12.1 Å². The minimum absolute atomic E-state index is 0.108. The second-order valence-electron chi connectivity index (χ2n) is 4.52. The van der Waals surface area contributed by atoms with Gasteiger partial charge in [-0.2, -0.15) is 0 Å². The van der Waals surface area contributed by atoms with Gasteiger partial charge >= 0.3 is 0 Å². The van der Waals surface area contributed by atoms with E-state index in [0.717, 1.165) is 5.56 Å². The summed E-state index contributed by atoms with van der Waals surface area (Å²) in [6.45, 7) is 0.929. The Kier molecular flexibility index (Phi) is 4.28. The smallest absolute Gasteiger partial charge is 0.237 e. The molecule has 0 saturated carbocycles. The van der Waals surface area contributed by atoms with E-state index in [2.05, 4.69) is 10.6 Å². The summed E-state index contributed by atoms with van der Waals surface area (Å²) in [5.74, 6) is -0.373. The third-order valence-electron chi connectivity index (χ3n) is 3.03. The molecule has 1 amide bonds. The number of hydrogen-bond donors (Lipinski definition) is 3. The molecule has 1 fully saturated rings. The topological polar surface area (TPSA) is 61.4 Å². The van der Waals surface area contributed by atoms with Gasteiger partial charge in [0.1, 0.15) is 5.82 Å². The van der Waals surface area contributed by atoms with Crippen molar-refractivity contribution in [2.24, 2.45) is 0 Å². The van der Waals surface area contributed by atoms with Crippen molar-refractivity contribution in [3.8, 4) is 0 Å². The third kappa shape index (κ3) is 3.51. The Labute approximate surface area is 105 Å². The zero-order valence-electron chi connectivity index (χ0n) is 10.0. The van der Waals surface area contributed by atoms with Crippen LogP contribution in [0.1, 0.15) is 12.0 Å². The summed E-state index contributed by atoms with van der Waals surface area (Å²) in [7, 11) is 0. The van der Waals surface area contributed by atoms with Crippen LogP contribution >= 0.6 is 0 Å². The summed E-state index contributed by atoms with van der Waals surface area (Å²) in [4.78, 5) is 11.7. The zero-order chi connectivity index (χ0) is 13.0. The van der Waals surface area contributed by atoms with Crippen LogP contribution in [-0.2, 0) is 11.2 Å². The second kappa shape index (κ2) is 5.93. The highest BCUT2D eigenvalue weighted by molar-refractivity contribution is 5.82. The summed E-state index contributed by atoms with van der Waals surface area (Å²) in [6.07, 6.45) is 0.605. The lowest BCUT2D eigenvalue weighted by molar-refractivity contribution is -0.122. The first-order chi connectivity index (χ1) is 8.65. The molecule has 0 radical (unpaired) electrons. The molecule has 1 heterocycles. The van der Waals surface area contributed by atoms with Crippen LogP contribution in [-0.4, -0.2) is 36.2 Å². The van der Waals surface area contributed by atoms with Crippen LogP contribution in [0.3, 0.4) is 0 Å². The number of halogens is 1.